The molecule has 0 spiro atoms. The van der Waals surface area contributed by atoms with Crippen molar-refractivity contribution in [2.75, 3.05) is 26.2 Å². The molecule has 0 unspecified atom stereocenters. The van der Waals surface area contributed by atoms with E-state index < -0.39 is 0 Å². The third-order valence-corrected chi connectivity index (χ3v) is 3.20. The molecular weight excluding hydrogens is 261 g/mol. The van der Waals surface area contributed by atoms with E-state index in [4.69, 9.17) is 0 Å². The molecule has 2 amide bonds. The number of carbonyl (C=O) groups excluding carboxylic acids is 2. The van der Waals surface area contributed by atoms with Crippen LogP contribution in [0.4, 0.5) is 4.39 Å². The van der Waals surface area contributed by atoms with Gasteiger partial charge in [0.15, 0.2) is 0 Å². The molecule has 20 heavy (non-hydrogen) atoms. The maximum atomic E-state index is 12.7. The number of nitrogens with one attached hydrogen (secondary N) is 3. The predicted molar refractivity (Wildman–Crippen MR) is 72.7 cm³/mol. The second kappa shape index (κ2) is 7.00. The van der Waals surface area contributed by atoms with Gasteiger partial charge in [-0.05, 0) is 30.7 Å². The third kappa shape index (κ3) is 4.03. The van der Waals surface area contributed by atoms with Gasteiger partial charge in [-0.3, -0.25) is 9.59 Å². The molecule has 0 atom stereocenters. The highest BCUT2D eigenvalue weighted by Crippen LogP contribution is 2.03. The van der Waals surface area contributed by atoms with Crippen LogP contribution in [0.1, 0.15) is 16.8 Å². The number of amides is 2. The second-order valence-electron chi connectivity index (χ2n) is 4.76. The van der Waals surface area contributed by atoms with Gasteiger partial charge in [-0.1, -0.05) is 0 Å². The third-order valence-electron chi connectivity index (χ3n) is 3.20. The number of benzene rings is 1. The average molecular weight is 279 g/mol. The lowest BCUT2D eigenvalue weighted by Gasteiger charge is -2.25. The number of hydrogen-bond acceptors (Lipinski definition) is 3. The number of rotatable bonds is 6. The van der Waals surface area contributed by atoms with Crippen LogP contribution in [0, 0.1) is 11.7 Å². The van der Waals surface area contributed by atoms with Crippen molar-refractivity contribution < 1.29 is 14.0 Å². The SMILES string of the molecule is O=C(NCCCNC(=O)C1CNC1)c1ccc(F)cc1. The van der Waals surface area contributed by atoms with Gasteiger partial charge in [0.05, 0.1) is 5.92 Å². The Kier molecular flexibility index (Phi) is 5.06. The van der Waals surface area contributed by atoms with E-state index in [1.807, 2.05) is 0 Å². The van der Waals surface area contributed by atoms with Crippen molar-refractivity contribution in [3.8, 4) is 0 Å². The summed E-state index contributed by atoms with van der Waals surface area (Å²) in [6, 6.07) is 5.38. The quantitative estimate of drug-likeness (QED) is 0.655. The topological polar surface area (TPSA) is 70.2 Å². The summed E-state index contributed by atoms with van der Waals surface area (Å²) in [5.74, 6) is -0.452. The standard InChI is InChI=1S/C14H18FN3O2/c15-12-4-2-10(3-5-12)13(19)17-6-1-7-18-14(20)11-8-16-9-11/h2-5,11,16H,1,6-9H2,(H,17,19)(H,18,20). The van der Waals surface area contributed by atoms with Gasteiger partial charge < -0.3 is 16.0 Å². The lowest BCUT2D eigenvalue weighted by molar-refractivity contribution is -0.126. The second-order valence-corrected chi connectivity index (χ2v) is 4.76. The maximum Gasteiger partial charge on any atom is 0.251 e. The summed E-state index contributed by atoms with van der Waals surface area (Å²) in [7, 11) is 0. The van der Waals surface area contributed by atoms with E-state index in [9.17, 15) is 14.0 Å². The Morgan fingerprint density at radius 3 is 2.40 bits per heavy atom. The zero-order chi connectivity index (χ0) is 14.4. The molecule has 0 aromatic heterocycles. The lowest BCUT2D eigenvalue weighted by atomic mass is 10.0. The van der Waals surface area contributed by atoms with Crippen LogP contribution in [-0.4, -0.2) is 38.0 Å². The highest BCUT2D eigenvalue weighted by atomic mass is 19.1. The molecule has 1 heterocycles. The average Bonchev–Trinajstić information content (AvgIpc) is 2.37. The lowest BCUT2D eigenvalue weighted by Crippen LogP contribution is -2.51. The molecular formula is C14H18FN3O2. The van der Waals surface area contributed by atoms with Crippen molar-refractivity contribution in [3.05, 3.63) is 35.6 Å². The minimum atomic E-state index is -0.366. The fourth-order valence-corrected chi connectivity index (χ4v) is 1.82. The molecule has 1 aliphatic rings. The number of carbonyl (C=O) groups is 2. The van der Waals surface area contributed by atoms with Crippen LogP contribution in [0.25, 0.3) is 0 Å². The first-order valence-corrected chi connectivity index (χ1v) is 6.69. The van der Waals surface area contributed by atoms with E-state index >= 15 is 0 Å². The summed E-state index contributed by atoms with van der Waals surface area (Å²) in [5, 5.41) is 8.59. The van der Waals surface area contributed by atoms with Crippen molar-refractivity contribution in [2.45, 2.75) is 6.42 Å². The van der Waals surface area contributed by atoms with Gasteiger partial charge in [0.1, 0.15) is 5.82 Å². The van der Waals surface area contributed by atoms with Gasteiger partial charge in [-0.15, -0.1) is 0 Å². The molecule has 1 aromatic rings. The summed E-state index contributed by atoms with van der Waals surface area (Å²) in [6.07, 6.45) is 0.665. The van der Waals surface area contributed by atoms with Gasteiger partial charge in [0.25, 0.3) is 5.91 Å². The zero-order valence-electron chi connectivity index (χ0n) is 11.1. The summed E-state index contributed by atoms with van der Waals surface area (Å²) in [5.41, 5.74) is 0.427. The predicted octanol–water partition coefficient (Wildman–Crippen LogP) is 0.281. The van der Waals surface area contributed by atoms with Crippen LogP contribution in [0.5, 0.6) is 0 Å². The van der Waals surface area contributed by atoms with E-state index in [2.05, 4.69) is 16.0 Å². The van der Waals surface area contributed by atoms with Crippen molar-refractivity contribution >= 4 is 11.8 Å². The summed E-state index contributed by atoms with van der Waals surface area (Å²) >= 11 is 0. The molecule has 5 nitrogen and oxygen atoms in total. The first-order chi connectivity index (χ1) is 9.66. The molecule has 0 bridgehead atoms. The Morgan fingerprint density at radius 2 is 1.80 bits per heavy atom. The Labute approximate surface area is 116 Å². The number of halogens is 1. The van der Waals surface area contributed by atoms with Crippen LogP contribution < -0.4 is 16.0 Å². The summed E-state index contributed by atoms with van der Waals surface area (Å²) in [4.78, 5) is 23.2. The normalized spacial score (nSPS) is 14.4. The van der Waals surface area contributed by atoms with Crippen LogP contribution >= 0.6 is 0 Å². The first kappa shape index (κ1) is 14.5. The molecule has 1 fully saturated rings. The van der Waals surface area contributed by atoms with E-state index in [0.717, 1.165) is 13.1 Å². The monoisotopic (exact) mass is 279 g/mol. The van der Waals surface area contributed by atoms with Crippen LogP contribution in [0.15, 0.2) is 24.3 Å². The molecule has 0 radical (unpaired) electrons. The molecule has 3 N–H and O–H groups in total. The van der Waals surface area contributed by atoms with E-state index in [0.29, 0.717) is 25.1 Å². The fraction of sp³-hybridized carbons (Fsp3) is 0.429. The molecule has 6 heteroatoms. The Morgan fingerprint density at radius 1 is 1.15 bits per heavy atom. The largest absolute Gasteiger partial charge is 0.356 e. The maximum absolute atomic E-state index is 12.7. The minimum absolute atomic E-state index is 0.0635. The van der Waals surface area contributed by atoms with Crippen LogP contribution in [0.3, 0.4) is 0 Å². The smallest absolute Gasteiger partial charge is 0.251 e. The molecule has 2 rings (SSSR count). The van der Waals surface area contributed by atoms with Crippen molar-refractivity contribution in [1.82, 2.24) is 16.0 Å². The molecule has 1 aliphatic heterocycles. The molecule has 1 saturated heterocycles. The zero-order valence-corrected chi connectivity index (χ0v) is 11.1. The molecule has 108 valence electrons. The van der Waals surface area contributed by atoms with Crippen LogP contribution in [0.2, 0.25) is 0 Å². The van der Waals surface area contributed by atoms with Gasteiger partial charge in [-0.25, -0.2) is 4.39 Å². The van der Waals surface area contributed by atoms with E-state index in [-0.39, 0.29) is 23.5 Å². The molecule has 0 saturated carbocycles. The highest BCUT2D eigenvalue weighted by molar-refractivity contribution is 5.94. The molecule has 1 aromatic carbocycles. The van der Waals surface area contributed by atoms with Crippen LogP contribution in [-0.2, 0) is 4.79 Å². The van der Waals surface area contributed by atoms with Crippen molar-refractivity contribution in [3.63, 3.8) is 0 Å². The Bertz CT molecular complexity index is 472. The molecule has 0 aliphatic carbocycles. The van der Waals surface area contributed by atoms with Gasteiger partial charge >= 0.3 is 0 Å². The van der Waals surface area contributed by atoms with Gasteiger partial charge in [0, 0.05) is 31.7 Å². The fourth-order valence-electron chi connectivity index (χ4n) is 1.82. The van der Waals surface area contributed by atoms with E-state index in [1.54, 1.807) is 0 Å². The van der Waals surface area contributed by atoms with Gasteiger partial charge in [0.2, 0.25) is 5.91 Å². The van der Waals surface area contributed by atoms with Crippen molar-refractivity contribution in [2.24, 2.45) is 5.92 Å². The Balaban J connectivity index is 1.59. The van der Waals surface area contributed by atoms with E-state index in [1.165, 1.54) is 24.3 Å². The summed E-state index contributed by atoms with van der Waals surface area (Å²) in [6.45, 7) is 2.50. The number of hydrogen-bond donors (Lipinski definition) is 3. The van der Waals surface area contributed by atoms with Crippen molar-refractivity contribution in [1.29, 1.82) is 0 Å². The van der Waals surface area contributed by atoms with Gasteiger partial charge in [-0.2, -0.15) is 0 Å². The minimum Gasteiger partial charge on any atom is -0.356 e. The summed E-state index contributed by atoms with van der Waals surface area (Å²) < 4.78 is 12.7. The highest BCUT2D eigenvalue weighted by Gasteiger charge is 2.23. The first-order valence-electron chi connectivity index (χ1n) is 6.69. The Hall–Kier alpha value is -1.95.